The minimum absolute atomic E-state index is 0.281. The summed E-state index contributed by atoms with van der Waals surface area (Å²) in [4.78, 5) is 7.14. The summed E-state index contributed by atoms with van der Waals surface area (Å²) in [5.41, 5.74) is -0.264. The van der Waals surface area contributed by atoms with E-state index in [9.17, 15) is 5.11 Å². The van der Waals surface area contributed by atoms with E-state index in [1.54, 1.807) is 17.8 Å². The molecule has 26 heavy (non-hydrogen) atoms. The molecule has 1 aliphatic rings. The zero-order valence-corrected chi connectivity index (χ0v) is 17.0. The fourth-order valence-corrected chi connectivity index (χ4v) is 3.36. The number of aliphatic imine (C=N–C) groups is 1. The van der Waals surface area contributed by atoms with Crippen LogP contribution in [0.4, 0.5) is 0 Å². The number of rotatable bonds is 7. The van der Waals surface area contributed by atoms with E-state index < -0.39 is 5.60 Å². The lowest BCUT2D eigenvalue weighted by atomic mass is 9.99. The van der Waals surface area contributed by atoms with Gasteiger partial charge in [0.05, 0.1) is 12.7 Å². The number of nitrogens with one attached hydrogen (secondary N) is 2. The highest BCUT2D eigenvalue weighted by Gasteiger charge is 2.25. The highest BCUT2D eigenvalue weighted by Crippen LogP contribution is 2.20. The number of nitrogens with zero attached hydrogens (tertiary/aromatic N) is 4. The lowest BCUT2D eigenvalue weighted by molar-refractivity contribution is 0.0671. The maximum atomic E-state index is 10.7. The van der Waals surface area contributed by atoms with E-state index in [2.05, 4.69) is 39.5 Å². The molecule has 0 aliphatic carbocycles. The first kappa shape index (κ1) is 20.7. The van der Waals surface area contributed by atoms with Gasteiger partial charge in [-0.2, -0.15) is 5.10 Å². The lowest BCUT2D eigenvalue weighted by Gasteiger charge is -2.35. The Kier molecular flexibility index (Phi) is 7.46. The van der Waals surface area contributed by atoms with Crippen LogP contribution in [0.3, 0.4) is 0 Å². The smallest absolute Gasteiger partial charge is 0.191 e. The molecule has 0 radical (unpaired) electrons. The van der Waals surface area contributed by atoms with Crippen molar-refractivity contribution in [2.45, 2.75) is 52.2 Å². The zero-order valence-electron chi connectivity index (χ0n) is 17.0. The van der Waals surface area contributed by atoms with Gasteiger partial charge >= 0.3 is 0 Å². The first-order chi connectivity index (χ1) is 12.3. The van der Waals surface area contributed by atoms with Crippen molar-refractivity contribution in [1.82, 2.24) is 25.3 Å². The molecule has 0 amide bonds. The van der Waals surface area contributed by atoms with Crippen LogP contribution in [-0.4, -0.2) is 64.5 Å². The molecule has 1 saturated heterocycles. The van der Waals surface area contributed by atoms with E-state index in [1.807, 2.05) is 20.2 Å². The van der Waals surface area contributed by atoms with Crippen LogP contribution in [-0.2, 0) is 12.6 Å². The summed E-state index contributed by atoms with van der Waals surface area (Å²) in [6.07, 6.45) is 6.14. The number of piperidine rings is 1. The maximum Gasteiger partial charge on any atom is 0.191 e. The van der Waals surface area contributed by atoms with E-state index in [0.717, 1.165) is 30.5 Å². The van der Waals surface area contributed by atoms with Crippen LogP contribution in [0.1, 0.15) is 46.1 Å². The molecule has 2 heterocycles. The van der Waals surface area contributed by atoms with Crippen LogP contribution >= 0.6 is 0 Å². The van der Waals surface area contributed by atoms with Gasteiger partial charge in [-0.1, -0.05) is 6.92 Å². The second-order valence-corrected chi connectivity index (χ2v) is 7.84. The normalized spacial score (nSPS) is 22.7. The van der Waals surface area contributed by atoms with Gasteiger partial charge in [-0.3, -0.25) is 9.58 Å². The van der Waals surface area contributed by atoms with Gasteiger partial charge < -0.3 is 15.7 Å². The van der Waals surface area contributed by atoms with Crippen molar-refractivity contribution in [2.75, 3.05) is 32.7 Å². The molecule has 0 saturated carbocycles. The van der Waals surface area contributed by atoms with Crippen molar-refractivity contribution in [3.05, 3.63) is 18.0 Å². The average molecular weight is 365 g/mol. The van der Waals surface area contributed by atoms with Crippen molar-refractivity contribution < 1.29 is 5.11 Å². The van der Waals surface area contributed by atoms with Crippen molar-refractivity contribution in [3.8, 4) is 0 Å². The van der Waals surface area contributed by atoms with Crippen LogP contribution in [0, 0.1) is 5.92 Å². The Balaban J connectivity index is 1.91. The summed E-state index contributed by atoms with van der Waals surface area (Å²) in [5, 5.41) is 21.5. The fraction of sp³-hybridized carbons (Fsp3) is 0.789. The van der Waals surface area contributed by atoms with E-state index in [-0.39, 0.29) is 6.54 Å². The lowest BCUT2D eigenvalue weighted by Crippen LogP contribution is -2.48. The molecule has 7 heteroatoms. The molecule has 3 atom stereocenters. The summed E-state index contributed by atoms with van der Waals surface area (Å²) in [7, 11) is 1.84. The summed E-state index contributed by atoms with van der Waals surface area (Å²) in [6.45, 7) is 12.7. The topological polar surface area (TPSA) is 77.7 Å². The van der Waals surface area contributed by atoms with Crippen LogP contribution in [0.25, 0.3) is 0 Å². The third-order valence-corrected chi connectivity index (χ3v) is 5.09. The van der Waals surface area contributed by atoms with Crippen LogP contribution < -0.4 is 10.6 Å². The van der Waals surface area contributed by atoms with E-state index in [0.29, 0.717) is 6.04 Å². The molecular formula is C19H36N6O. The van der Waals surface area contributed by atoms with E-state index in [4.69, 9.17) is 0 Å². The molecular weight excluding hydrogens is 328 g/mol. The molecule has 0 aromatic carbocycles. The number of likely N-dealkylation sites (tertiary alicyclic amines) is 1. The van der Waals surface area contributed by atoms with Gasteiger partial charge in [0.15, 0.2) is 5.96 Å². The quantitative estimate of drug-likeness (QED) is 0.502. The minimum Gasteiger partial charge on any atom is -0.383 e. The zero-order chi connectivity index (χ0) is 19.2. The van der Waals surface area contributed by atoms with Gasteiger partial charge in [0.25, 0.3) is 0 Å². The Bertz CT molecular complexity index is 582. The molecule has 1 aliphatic heterocycles. The average Bonchev–Trinajstić information content (AvgIpc) is 3.04. The number of hydrogen-bond donors (Lipinski definition) is 3. The van der Waals surface area contributed by atoms with Crippen molar-refractivity contribution in [1.29, 1.82) is 0 Å². The Labute approximate surface area is 157 Å². The molecule has 0 spiro atoms. The second-order valence-electron chi connectivity index (χ2n) is 7.84. The van der Waals surface area contributed by atoms with Gasteiger partial charge in [-0.15, -0.1) is 0 Å². The summed E-state index contributed by atoms with van der Waals surface area (Å²) >= 11 is 0. The Morgan fingerprint density at radius 1 is 1.50 bits per heavy atom. The molecule has 0 bridgehead atoms. The molecule has 3 N–H and O–H groups in total. The van der Waals surface area contributed by atoms with Crippen molar-refractivity contribution >= 4 is 5.96 Å². The first-order valence-corrected chi connectivity index (χ1v) is 9.79. The summed E-state index contributed by atoms with van der Waals surface area (Å²) in [6, 6.07) is 0.459. The summed E-state index contributed by atoms with van der Waals surface area (Å²) < 4.78 is 1.69. The monoisotopic (exact) mass is 364 g/mol. The Morgan fingerprint density at radius 2 is 2.27 bits per heavy atom. The fourth-order valence-electron chi connectivity index (χ4n) is 3.36. The number of aryl methyl sites for hydroxylation is 1. The molecule has 2 rings (SSSR count). The predicted molar refractivity (Wildman–Crippen MR) is 106 cm³/mol. The summed E-state index contributed by atoms with van der Waals surface area (Å²) in [5.74, 6) is 1.52. The maximum absolute atomic E-state index is 10.7. The minimum atomic E-state index is -1.04. The molecule has 1 aromatic rings. The van der Waals surface area contributed by atoms with Crippen LogP contribution in [0.5, 0.6) is 0 Å². The van der Waals surface area contributed by atoms with E-state index >= 15 is 0 Å². The van der Waals surface area contributed by atoms with Crippen LogP contribution in [0.15, 0.2) is 17.4 Å². The number of hydrogen-bond acceptors (Lipinski definition) is 4. The van der Waals surface area contributed by atoms with Gasteiger partial charge in [0.1, 0.15) is 5.60 Å². The van der Waals surface area contributed by atoms with Gasteiger partial charge in [-0.25, -0.2) is 4.99 Å². The highest BCUT2D eigenvalue weighted by molar-refractivity contribution is 5.79. The van der Waals surface area contributed by atoms with Crippen LogP contribution in [0.2, 0.25) is 0 Å². The number of aromatic nitrogens is 2. The molecule has 1 aromatic heterocycles. The van der Waals surface area contributed by atoms with Gasteiger partial charge in [0.2, 0.25) is 0 Å². The molecule has 7 nitrogen and oxygen atoms in total. The molecule has 3 unspecified atom stereocenters. The van der Waals surface area contributed by atoms with Gasteiger partial charge in [-0.05, 0) is 46.1 Å². The first-order valence-electron chi connectivity index (χ1n) is 9.79. The van der Waals surface area contributed by atoms with E-state index in [1.165, 1.54) is 25.9 Å². The van der Waals surface area contributed by atoms with Gasteiger partial charge in [0, 0.05) is 44.5 Å². The SMILES string of the molecule is CCNC(=NCC(C)(O)c1cnn(C)c1)NCC(C)N1CCCC(C)C1. The largest absolute Gasteiger partial charge is 0.383 e. The molecule has 1 fully saturated rings. The highest BCUT2D eigenvalue weighted by atomic mass is 16.3. The van der Waals surface area contributed by atoms with Crippen molar-refractivity contribution in [2.24, 2.45) is 18.0 Å². The third kappa shape index (κ3) is 5.99. The number of aliphatic hydroxyl groups is 1. The molecule has 148 valence electrons. The number of guanidine groups is 1. The standard InChI is InChI=1S/C19H36N6O/c1-6-20-18(21-10-16(3)25-9-7-8-15(2)12-25)22-14-19(4,26)17-11-23-24(5)13-17/h11,13,15-16,26H,6-10,12,14H2,1-5H3,(H2,20,21,22). The third-order valence-electron chi connectivity index (χ3n) is 5.09. The Hall–Kier alpha value is -1.60. The van der Waals surface area contributed by atoms with Crippen molar-refractivity contribution in [3.63, 3.8) is 0 Å². The second kappa shape index (κ2) is 9.37. The Morgan fingerprint density at radius 3 is 2.88 bits per heavy atom. The predicted octanol–water partition coefficient (Wildman–Crippen LogP) is 1.30.